The molecule has 3 nitrogen and oxygen atoms in total. The van der Waals surface area contributed by atoms with Crippen molar-refractivity contribution in [3.63, 3.8) is 0 Å². The summed E-state index contributed by atoms with van der Waals surface area (Å²) in [4.78, 5) is 10.8. The molecule has 2 aliphatic carbocycles. The molecule has 0 amide bonds. The molecule has 3 heteroatoms. The maximum absolute atomic E-state index is 5.52. The van der Waals surface area contributed by atoms with Gasteiger partial charge >= 0.3 is 0 Å². The summed E-state index contributed by atoms with van der Waals surface area (Å²) in [5, 5.41) is 7.30. The highest BCUT2D eigenvalue weighted by Gasteiger charge is 2.50. The molecule has 13 rings (SSSR count). The van der Waals surface area contributed by atoms with E-state index in [-0.39, 0.29) is 0 Å². The van der Waals surface area contributed by atoms with Gasteiger partial charge in [0.15, 0.2) is 0 Å². The zero-order chi connectivity index (χ0) is 36.5. The van der Waals surface area contributed by atoms with Crippen LogP contribution in [0.5, 0.6) is 0 Å². The highest BCUT2D eigenvalue weighted by atomic mass is 15.1. The Kier molecular flexibility index (Phi) is 5.83. The van der Waals surface area contributed by atoms with Gasteiger partial charge in [0.25, 0.3) is 0 Å². The van der Waals surface area contributed by atoms with E-state index in [1.807, 2.05) is 6.07 Å². The number of pyridine rings is 2. The molecule has 0 saturated heterocycles. The van der Waals surface area contributed by atoms with E-state index in [1.165, 1.54) is 66.1 Å². The third-order valence-electron chi connectivity index (χ3n) is 12.5. The minimum atomic E-state index is -0.506. The van der Waals surface area contributed by atoms with E-state index < -0.39 is 5.41 Å². The van der Waals surface area contributed by atoms with Crippen molar-refractivity contribution in [2.24, 2.45) is 0 Å². The predicted octanol–water partition coefficient (Wildman–Crippen LogP) is 13.0. The van der Waals surface area contributed by atoms with Crippen LogP contribution in [0.1, 0.15) is 22.3 Å². The van der Waals surface area contributed by atoms with Crippen molar-refractivity contribution in [3.8, 4) is 39.3 Å². The van der Waals surface area contributed by atoms with Crippen LogP contribution in [0.25, 0.3) is 93.7 Å². The van der Waals surface area contributed by atoms with Crippen LogP contribution in [0.3, 0.4) is 0 Å². The average molecular weight is 710 g/mol. The summed E-state index contributed by atoms with van der Waals surface area (Å²) in [7, 11) is 0. The van der Waals surface area contributed by atoms with E-state index in [0.29, 0.717) is 0 Å². The van der Waals surface area contributed by atoms with Crippen molar-refractivity contribution < 1.29 is 0 Å². The molecule has 3 aromatic heterocycles. The SMILES string of the molecule is c1ccc(-c2cc3c4c(ccc5c4c4c(cccc4n5-c4ccc5ccc6ccc(-c7ccccc7)nc6c5n4)C34c3ccccc3-c3ccccc34)c2)cc1. The van der Waals surface area contributed by atoms with Crippen molar-refractivity contribution in [2.45, 2.75) is 5.41 Å². The lowest BCUT2D eigenvalue weighted by molar-refractivity contribution is 0.783. The molecular formula is C53H31N3. The van der Waals surface area contributed by atoms with E-state index in [1.54, 1.807) is 0 Å². The number of aromatic nitrogens is 3. The van der Waals surface area contributed by atoms with Crippen molar-refractivity contribution in [1.82, 2.24) is 14.5 Å². The third-order valence-corrected chi connectivity index (χ3v) is 12.5. The van der Waals surface area contributed by atoms with Crippen LogP contribution in [0.4, 0.5) is 0 Å². The summed E-state index contributed by atoms with van der Waals surface area (Å²) < 4.78 is 2.40. The van der Waals surface area contributed by atoms with E-state index in [2.05, 4.69) is 187 Å². The fourth-order valence-electron chi connectivity index (χ4n) is 10.3. The molecular weight excluding hydrogens is 679 g/mol. The van der Waals surface area contributed by atoms with Crippen molar-refractivity contribution in [2.75, 3.05) is 0 Å². The molecule has 1 spiro atoms. The third kappa shape index (κ3) is 3.76. The fraction of sp³-hybridized carbons (Fsp3) is 0.0189. The molecule has 2 aliphatic rings. The number of benzene rings is 8. The summed E-state index contributed by atoms with van der Waals surface area (Å²) in [6, 6.07) is 68.8. The van der Waals surface area contributed by atoms with Gasteiger partial charge in [0.1, 0.15) is 5.82 Å². The maximum atomic E-state index is 5.52. The Balaban J connectivity index is 1.17. The number of fused-ring (bicyclic) bond motifs is 10. The van der Waals surface area contributed by atoms with Gasteiger partial charge in [-0.15, -0.1) is 0 Å². The number of hydrogen-bond donors (Lipinski definition) is 0. The van der Waals surface area contributed by atoms with Crippen LogP contribution in [-0.4, -0.2) is 14.5 Å². The lowest BCUT2D eigenvalue weighted by atomic mass is 9.62. The first kappa shape index (κ1) is 30.0. The van der Waals surface area contributed by atoms with Gasteiger partial charge in [-0.3, -0.25) is 4.57 Å². The molecule has 3 heterocycles. The van der Waals surface area contributed by atoms with Crippen LogP contribution in [-0.2, 0) is 5.41 Å². The first-order valence-corrected chi connectivity index (χ1v) is 19.3. The molecule has 8 aromatic carbocycles. The van der Waals surface area contributed by atoms with E-state index in [9.17, 15) is 0 Å². The molecule has 56 heavy (non-hydrogen) atoms. The standard InChI is InChI=1S/C53H31N3/c1-3-12-32(13-4-1)37-30-36-25-28-46-50-48(36)43(31-37)53(40-18-9-7-16-38(40)39-17-8-10-19-41(39)53)42-20-11-21-45(49(42)50)56(46)47-29-26-35-23-22-34-24-27-44(33-14-5-2-6-15-33)54-51(34)52(35)55-47/h1-31H. The Morgan fingerprint density at radius 3 is 1.70 bits per heavy atom. The van der Waals surface area contributed by atoms with Gasteiger partial charge < -0.3 is 0 Å². The van der Waals surface area contributed by atoms with Crippen molar-refractivity contribution >= 4 is 54.4 Å². The maximum Gasteiger partial charge on any atom is 0.138 e. The second-order valence-electron chi connectivity index (χ2n) is 15.3. The lowest BCUT2D eigenvalue weighted by Crippen LogP contribution is -2.30. The quantitative estimate of drug-likeness (QED) is 0.171. The predicted molar refractivity (Wildman–Crippen MR) is 231 cm³/mol. The first-order valence-electron chi connectivity index (χ1n) is 19.3. The Bertz CT molecular complexity index is 3420. The highest BCUT2D eigenvalue weighted by molar-refractivity contribution is 6.27. The van der Waals surface area contributed by atoms with E-state index in [4.69, 9.17) is 9.97 Å². The molecule has 11 aromatic rings. The molecule has 0 aliphatic heterocycles. The molecule has 0 saturated carbocycles. The van der Waals surface area contributed by atoms with Crippen molar-refractivity contribution in [3.05, 3.63) is 210 Å². The molecule has 0 N–H and O–H groups in total. The molecule has 0 radical (unpaired) electrons. The van der Waals surface area contributed by atoms with Crippen molar-refractivity contribution in [1.29, 1.82) is 0 Å². The number of rotatable bonds is 3. The molecule has 0 bridgehead atoms. The fourth-order valence-corrected chi connectivity index (χ4v) is 10.3. The normalized spacial score (nSPS) is 13.5. The smallest absolute Gasteiger partial charge is 0.138 e. The minimum absolute atomic E-state index is 0.506. The Morgan fingerprint density at radius 1 is 0.357 bits per heavy atom. The Morgan fingerprint density at radius 2 is 0.946 bits per heavy atom. The summed E-state index contributed by atoms with van der Waals surface area (Å²) in [6.45, 7) is 0. The molecule has 0 fully saturated rings. The largest absolute Gasteiger partial charge is 0.294 e. The molecule has 0 atom stereocenters. The number of nitrogens with zero attached hydrogens (tertiary/aromatic N) is 3. The lowest BCUT2D eigenvalue weighted by Gasteiger charge is -2.38. The van der Waals surface area contributed by atoms with Crippen LogP contribution >= 0.6 is 0 Å². The number of hydrogen-bond acceptors (Lipinski definition) is 2. The first-order chi connectivity index (χ1) is 27.8. The monoisotopic (exact) mass is 709 g/mol. The molecule has 0 unspecified atom stereocenters. The van der Waals surface area contributed by atoms with Gasteiger partial charge in [0.2, 0.25) is 0 Å². The van der Waals surface area contributed by atoms with Gasteiger partial charge in [-0.25, -0.2) is 9.97 Å². The zero-order valence-electron chi connectivity index (χ0n) is 30.2. The van der Waals surface area contributed by atoms with Crippen LogP contribution in [0, 0.1) is 0 Å². The minimum Gasteiger partial charge on any atom is -0.294 e. The van der Waals surface area contributed by atoms with Gasteiger partial charge in [-0.05, 0) is 97.7 Å². The topological polar surface area (TPSA) is 30.7 Å². The van der Waals surface area contributed by atoms with E-state index in [0.717, 1.165) is 49.9 Å². The Hall–Kier alpha value is -7.36. The summed E-state index contributed by atoms with van der Waals surface area (Å²) >= 11 is 0. The second-order valence-corrected chi connectivity index (χ2v) is 15.3. The second kappa shape index (κ2) is 10.9. The van der Waals surface area contributed by atoms with Crippen LogP contribution in [0.15, 0.2) is 188 Å². The van der Waals surface area contributed by atoms with Gasteiger partial charge in [-0.1, -0.05) is 146 Å². The van der Waals surface area contributed by atoms with Gasteiger partial charge in [0.05, 0.1) is 33.2 Å². The summed E-state index contributed by atoms with van der Waals surface area (Å²) in [5.41, 5.74) is 16.1. The zero-order valence-corrected chi connectivity index (χ0v) is 30.2. The van der Waals surface area contributed by atoms with Crippen LogP contribution < -0.4 is 0 Å². The average Bonchev–Trinajstić information content (AvgIpc) is 3.77. The van der Waals surface area contributed by atoms with E-state index >= 15 is 0 Å². The Labute approximate surface area is 322 Å². The summed E-state index contributed by atoms with van der Waals surface area (Å²) in [5.74, 6) is 0.888. The van der Waals surface area contributed by atoms with Gasteiger partial charge in [0, 0.05) is 27.1 Å². The van der Waals surface area contributed by atoms with Crippen LogP contribution in [0.2, 0.25) is 0 Å². The van der Waals surface area contributed by atoms with Gasteiger partial charge in [-0.2, -0.15) is 0 Å². The highest BCUT2D eigenvalue weighted by Crippen LogP contribution is 2.62. The molecule has 258 valence electrons. The summed E-state index contributed by atoms with van der Waals surface area (Å²) in [6.07, 6.45) is 0.